The minimum Gasteiger partial charge on any atom is -0.480 e. The highest BCUT2D eigenvalue weighted by Gasteiger charge is 2.45. The van der Waals surface area contributed by atoms with E-state index in [1.165, 1.54) is 0 Å². The van der Waals surface area contributed by atoms with Crippen molar-refractivity contribution >= 4 is 12.0 Å². The van der Waals surface area contributed by atoms with Crippen LogP contribution in [0.4, 0.5) is 4.79 Å². The van der Waals surface area contributed by atoms with Gasteiger partial charge in [-0.2, -0.15) is 0 Å². The molecule has 0 bridgehead atoms. The third-order valence-corrected chi connectivity index (χ3v) is 3.73. The number of carboxylic acid groups (broad SMARTS) is 1. The molecular weight excluding hydrogens is 220 g/mol. The number of hydrogen-bond donors (Lipinski definition) is 3. The van der Waals surface area contributed by atoms with Gasteiger partial charge in [0, 0.05) is 6.54 Å². The number of nitrogens with one attached hydrogen (secondary N) is 2. The molecule has 1 aliphatic rings. The first-order valence-corrected chi connectivity index (χ1v) is 6.18. The summed E-state index contributed by atoms with van der Waals surface area (Å²) in [6.45, 7) is 6.67. The maximum absolute atomic E-state index is 11.5. The molecule has 3 N–H and O–H groups in total. The lowest BCUT2D eigenvalue weighted by Gasteiger charge is -2.21. The average molecular weight is 242 g/mol. The lowest BCUT2D eigenvalue weighted by atomic mass is 9.92. The van der Waals surface area contributed by atoms with Gasteiger partial charge < -0.3 is 15.7 Å². The number of carbonyl (C=O) groups is 2. The van der Waals surface area contributed by atoms with Gasteiger partial charge in [0.15, 0.2) is 0 Å². The molecule has 1 rings (SSSR count). The van der Waals surface area contributed by atoms with E-state index >= 15 is 0 Å². The van der Waals surface area contributed by atoms with Crippen LogP contribution in [-0.2, 0) is 4.79 Å². The van der Waals surface area contributed by atoms with Gasteiger partial charge in [-0.05, 0) is 30.6 Å². The molecule has 5 nitrogen and oxygen atoms in total. The molecule has 0 heterocycles. The van der Waals surface area contributed by atoms with E-state index in [4.69, 9.17) is 5.11 Å². The Kier molecular flexibility index (Phi) is 4.37. The van der Waals surface area contributed by atoms with Crippen molar-refractivity contribution < 1.29 is 14.7 Å². The summed E-state index contributed by atoms with van der Waals surface area (Å²) < 4.78 is 0. The molecule has 0 aromatic heterocycles. The van der Waals surface area contributed by atoms with E-state index in [9.17, 15) is 9.59 Å². The zero-order valence-electron chi connectivity index (χ0n) is 10.7. The largest absolute Gasteiger partial charge is 0.480 e. The topological polar surface area (TPSA) is 78.4 Å². The third kappa shape index (κ3) is 3.61. The molecule has 98 valence electrons. The Labute approximate surface area is 102 Å². The number of aliphatic carboxylic acids is 1. The molecule has 2 amide bonds. The fourth-order valence-corrected chi connectivity index (χ4v) is 1.92. The molecule has 1 fully saturated rings. The predicted molar refractivity (Wildman–Crippen MR) is 64.8 cm³/mol. The molecule has 0 aromatic carbocycles. The van der Waals surface area contributed by atoms with E-state index in [2.05, 4.69) is 24.5 Å². The van der Waals surface area contributed by atoms with E-state index < -0.39 is 12.0 Å². The van der Waals surface area contributed by atoms with Gasteiger partial charge in [0.05, 0.1) is 0 Å². The van der Waals surface area contributed by atoms with Crippen molar-refractivity contribution in [1.82, 2.24) is 10.6 Å². The molecule has 1 atom stereocenters. The van der Waals surface area contributed by atoms with Gasteiger partial charge >= 0.3 is 12.0 Å². The third-order valence-electron chi connectivity index (χ3n) is 3.73. The van der Waals surface area contributed by atoms with Crippen molar-refractivity contribution in [2.45, 2.75) is 46.1 Å². The normalized spacial score (nSPS) is 18.6. The Balaban J connectivity index is 2.33. The summed E-state index contributed by atoms with van der Waals surface area (Å²) in [6, 6.07) is -1.18. The molecule has 17 heavy (non-hydrogen) atoms. The van der Waals surface area contributed by atoms with Crippen LogP contribution in [0.2, 0.25) is 0 Å². The molecule has 0 spiro atoms. The van der Waals surface area contributed by atoms with Crippen LogP contribution in [0.25, 0.3) is 0 Å². The monoisotopic (exact) mass is 242 g/mol. The Hall–Kier alpha value is -1.26. The maximum Gasteiger partial charge on any atom is 0.326 e. The van der Waals surface area contributed by atoms with Gasteiger partial charge in [-0.15, -0.1) is 0 Å². The van der Waals surface area contributed by atoms with Gasteiger partial charge in [-0.25, -0.2) is 9.59 Å². The standard InChI is InChI=1S/C12H22N2O3/c1-4-9(10(15)16)14-11(17)13-7-12(5-6-12)8(2)3/h8-9H,4-7H2,1-3H3,(H,15,16)(H2,13,14,17)/t9-/m0/s1. The van der Waals surface area contributed by atoms with Gasteiger partial charge in [-0.1, -0.05) is 20.8 Å². The summed E-state index contributed by atoms with van der Waals surface area (Å²) in [5, 5.41) is 14.0. The number of urea groups is 1. The van der Waals surface area contributed by atoms with Crippen LogP contribution < -0.4 is 10.6 Å². The molecule has 0 saturated heterocycles. The maximum atomic E-state index is 11.5. The summed E-state index contributed by atoms with van der Waals surface area (Å²) in [5.74, 6) is -0.447. The Bertz CT molecular complexity index is 298. The number of carbonyl (C=O) groups excluding carboxylic acids is 1. The SMILES string of the molecule is CC[C@H](NC(=O)NCC1(C(C)C)CC1)C(=O)O. The molecule has 5 heteroatoms. The average Bonchev–Trinajstić information content (AvgIpc) is 3.03. The van der Waals surface area contributed by atoms with E-state index in [0.29, 0.717) is 18.9 Å². The van der Waals surface area contributed by atoms with Crippen LogP contribution in [0, 0.1) is 11.3 Å². The van der Waals surface area contributed by atoms with E-state index in [-0.39, 0.29) is 11.4 Å². The van der Waals surface area contributed by atoms with Gasteiger partial charge in [-0.3, -0.25) is 0 Å². The first kappa shape index (κ1) is 13.8. The van der Waals surface area contributed by atoms with Crippen LogP contribution in [0.1, 0.15) is 40.0 Å². The molecule has 0 radical (unpaired) electrons. The highest BCUT2D eigenvalue weighted by atomic mass is 16.4. The second kappa shape index (κ2) is 5.38. The minimum atomic E-state index is -0.993. The first-order valence-electron chi connectivity index (χ1n) is 6.18. The second-order valence-corrected chi connectivity index (χ2v) is 5.14. The minimum absolute atomic E-state index is 0.238. The fraction of sp³-hybridized carbons (Fsp3) is 0.833. The summed E-state index contributed by atoms with van der Waals surface area (Å²) in [6.07, 6.45) is 2.67. The number of amides is 2. The summed E-state index contributed by atoms with van der Waals surface area (Å²) in [4.78, 5) is 22.3. The molecule has 0 aromatic rings. The van der Waals surface area contributed by atoms with Crippen molar-refractivity contribution in [3.63, 3.8) is 0 Å². The van der Waals surface area contributed by atoms with Crippen LogP contribution in [0.3, 0.4) is 0 Å². The summed E-state index contributed by atoms with van der Waals surface area (Å²) >= 11 is 0. The van der Waals surface area contributed by atoms with Crippen LogP contribution in [-0.4, -0.2) is 29.7 Å². The summed E-state index contributed by atoms with van der Waals surface area (Å²) in [7, 11) is 0. The Morgan fingerprint density at radius 2 is 1.94 bits per heavy atom. The predicted octanol–water partition coefficient (Wildman–Crippen LogP) is 1.58. The van der Waals surface area contributed by atoms with Gasteiger partial charge in [0.2, 0.25) is 0 Å². The zero-order chi connectivity index (χ0) is 13.1. The van der Waals surface area contributed by atoms with Crippen LogP contribution in [0.15, 0.2) is 0 Å². The highest BCUT2D eigenvalue weighted by Crippen LogP contribution is 2.51. The van der Waals surface area contributed by atoms with Crippen molar-refractivity contribution in [2.24, 2.45) is 11.3 Å². The molecular formula is C12H22N2O3. The number of hydrogen-bond acceptors (Lipinski definition) is 2. The lowest BCUT2D eigenvalue weighted by Crippen LogP contribution is -2.47. The molecule has 0 aliphatic heterocycles. The smallest absolute Gasteiger partial charge is 0.326 e. The quantitative estimate of drug-likeness (QED) is 0.661. The van der Waals surface area contributed by atoms with E-state index in [0.717, 1.165) is 12.8 Å². The van der Waals surface area contributed by atoms with E-state index in [1.807, 2.05) is 0 Å². The van der Waals surface area contributed by atoms with Crippen LogP contribution in [0.5, 0.6) is 0 Å². The van der Waals surface area contributed by atoms with Gasteiger partial charge in [0.1, 0.15) is 6.04 Å². The highest BCUT2D eigenvalue weighted by molar-refractivity contribution is 5.82. The van der Waals surface area contributed by atoms with Crippen molar-refractivity contribution in [3.8, 4) is 0 Å². The Morgan fingerprint density at radius 3 is 2.29 bits per heavy atom. The fourth-order valence-electron chi connectivity index (χ4n) is 1.92. The van der Waals surface area contributed by atoms with Crippen molar-refractivity contribution in [2.75, 3.05) is 6.54 Å². The molecule has 1 saturated carbocycles. The number of carboxylic acids is 1. The molecule has 0 unspecified atom stereocenters. The van der Waals surface area contributed by atoms with Crippen molar-refractivity contribution in [3.05, 3.63) is 0 Å². The Morgan fingerprint density at radius 1 is 1.35 bits per heavy atom. The molecule has 1 aliphatic carbocycles. The summed E-state index contributed by atoms with van der Waals surface area (Å²) in [5.41, 5.74) is 0.238. The lowest BCUT2D eigenvalue weighted by molar-refractivity contribution is -0.139. The second-order valence-electron chi connectivity index (χ2n) is 5.14. The van der Waals surface area contributed by atoms with E-state index in [1.54, 1.807) is 6.92 Å². The first-order chi connectivity index (χ1) is 7.91. The zero-order valence-corrected chi connectivity index (χ0v) is 10.7. The van der Waals surface area contributed by atoms with Crippen molar-refractivity contribution in [1.29, 1.82) is 0 Å². The van der Waals surface area contributed by atoms with Crippen LogP contribution >= 0.6 is 0 Å². The number of rotatable bonds is 6. The van der Waals surface area contributed by atoms with Gasteiger partial charge in [0.25, 0.3) is 0 Å².